The lowest BCUT2D eigenvalue weighted by atomic mass is 10.1. The van der Waals surface area contributed by atoms with Gasteiger partial charge in [0.15, 0.2) is 0 Å². The molecule has 0 fully saturated rings. The van der Waals surface area contributed by atoms with Crippen LogP contribution in [0.15, 0.2) is 48.5 Å². The van der Waals surface area contributed by atoms with Crippen LogP contribution in [0.25, 0.3) is 10.9 Å². The highest BCUT2D eigenvalue weighted by atomic mass is 35.5. The normalized spacial score (nSPS) is 10.8. The summed E-state index contributed by atoms with van der Waals surface area (Å²) in [5.74, 6) is 0.839. The Morgan fingerprint density at radius 2 is 1.75 bits per heavy atom. The smallest absolute Gasteiger partial charge is 0.131 e. The lowest BCUT2D eigenvalue weighted by Crippen LogP contribution is -1.97. The van der Waals surface area contributed by atoms with Crippen LogP contribution in [-0.4, -0.2) is 4.98 Å². The van der Waals surface area contributed by atoms with Gasteiger partial charge in [0.1, 0.15) is 5.82 Å². The van der Waals surface area contributed by atoms with E-state index in [0.29, 0.717) is 0 Å². The van der Waals surface area contributed by atoms with E-state index in [1.165, 1.54) is 10.9 Å². The molecule has 2 aromatic carbocycles. The van der Waals surface area contributed by atoms with Gasteiger partial charge in [-0.3, -0.25) is 0 Å². The maximum atomic E-state index is 6.05. The van der Waals surface area contributed by atoms with Gasteiger partial charge in [0.25, 0.3) is 0 Å². The van der Waals surface area contributed by atoms with E-state index < -0.39 is 0 Å². The van der Waals surface area contributed by atoms with E-state index in [1.54, 1.807) is 0 Å². The molecule has 0 aliphatic heterocycles. The zero-order chi connectivity index (χ0) is 14.1. The second kappa shape index (κ2) is 5.14. The Balaban J connectivity index is 2.05. The molecule has 1 N–H and O–H groups in total. The first-order valence-electron chi connectivity index (χ1n) is 6.53. The van der Waals surface area contributed by atoms with Crippen LogP contribution in [0.2, 0.25) is 5.02 Å². The number of pyridine rings is 1. The van der Waals surface area contributed by atoms with Crippen LogP contribution < -0.4 is 5.32 Å². The van der Waals surface area contributed by atoms with Crippen LogP contribution in [0, 0.1) is 13.8 Å². The summed E-state index contributed by atoms with van der Waals surface area (Å²) in [4.78, 5) is 4.65. The Kier molecular flexibility index (Phi) is 3.33. The summed E-state index contributed by atoms with van der Waals surface area (Å²) in [6.45, 7) is 4.15. The van der Waals surface area contributed by atoms with Crippen molar-refractivity contribution < 1.29 is 0 Å². The van der Waals surface area contributed by atoms with Crippen LogP contribution in [-0.2, 0) is 0 Å². The Labute approximate surface area is 123 Å². The summed E-state index contributed by atoms with van der Waals surface area (Å²) >= 11 is 6.05. The molecule has 3 aromatic rings. The third-order valence-corrected chi connectivity index (χ3v) is 3.62. The molecule has 0 bridgehead atoms. The molecule has 0 radical (unpaired) electrons. The van der Waals surface area contributed by atoms with Crippen molar-refractivity contribution >= 4 is 34.0 Å². The van der Waals surface area contributed by atoms with E-state index in [0.717, 1.165) is 27.6 Å². The number of para-hydroxylation sites is 1. The second-order valence-corrected chi connectivity index (χ2v) is 5.36. The first-order chi connectivity index (χ1) is 9.63. The summed E-state index contributed by atoms with van der Waals surface area (Å²) in [7, 11) is 0. The molecular weight excluding hydrogens is 268 g/mol. The van der Waals surface area contributed by atoms with Gasteiger partial charge in [-0.2, -0.15) is 0 Å². The van der Waals surface area contributed by atoms with Crippen LogP contribution >= 0.6 is 11.6 Å². The molecule has 20 heavy (non-hydrogen) atoms. The van der Waals surface area contributed by atoms with Crippen LogP contribution in [0.5, 0.6) is 0 Å². The molecule has 3 heteroatoms. The molecule has 1 heterocycles. The molecule has 0 amide bonds. The number of benzene rings is 2. The SMILES string of the molecule is Cc1ccc(Cl)cc1Nc1cc(C)c2ccccc2n1. The summed E-state index contributed by atoms with van der Waals surface area (Å²) in [5, 5.41) is 5.25. The number of rotatable bonds is 2. The molecule has 100 valence electrons. The largest absolute Gasteiger partial charge is 0.340 e. The molecule has 2 nitrogen and oxygen atoms in total. The van der Waals surface area contributed by atoms with E-state index >= 15 is 0 Å². The molecule has 0 unspecified atom stereocenters. The van der Waals surface area contributed by atoms with Gasteiger partial charge in [-0.25, -0.2) is 4.98 Å². The van der Waals surface area contributed by atoms with E-state index in [9.17, 15) is 0 Å². The lowest BCUT2D eigenvalue weighted by Gasteiger charge is -2.11. The van der Waals surface area contributed by atoms with Gasteiger partial charge in [-0.05, 0) is 49.2 Å². The Morgan fingerprint density at radius 1 is 0.950 bits per heavy atom. The Morgan fingerprint density at radius 3 is 2.60 bits per heavy atom. The quantitative estimate of drug-likeness (QED) is 0.694. The average molecular weight is 283 g/mol. The Hall–Kier alpha value is -2.06. The molecule has 0 spiro atoms. The molecule has 0 atom stereocenters. The van der Waals surface area contributed by atoms with Crippen molar-refractivity contribution in [1.82, 2.24) is 4.98 Å². The summed E-state index contributed by atoms with van der Waals surface area (Å²) in [5.41, 5.74) is 4.33. The number of nitrogens with zero attached hydrogens (tertiary/aromatic N) is 1. The highest BCUT2D eigenvalue weighted by molar-refractivity contribution is 6.30. The number of nitrogens with one attached hydrogen (secondary N) is 1. The molecule has 1 aromatic heterocycles. The van der Waals surface area contributed by atoms with Gasteiger partial charge in [0.2, 0.25) is 0 Å². The summed E-state index contributed by atoms with van der Waals surface area (Å²) in [6.07, 6.45) is 0. The van der Waals surface area contributed by atoms with Gasteiger partial charge in [-0.1, -0.05) is 35.9 Å². The maximum Gasteiger partial charge on any atom is 0.131 e. The highest BCUT2D eigenvalue weighted by Gasteiger charge is 2.04. The van der Waals surface area contributed by atoms with Crippen LogP contribution in [0.4, 0.5) is 11.5 Å². The van der Waals surface area contributed by atoms with Crippen molar-refractivity contribution in [3.8, 4) is 0 Å². The molecule has 3 rings (SSSR count). The number of anilines is 2. The maximum absolute atomic E-state index is 6.05. The van der Waals surface area contributed by atoms with E-state index in [2.05, 4.69) is 29.4 Å². The number of aryl methyl sites for hydroxylation is 2. The predicted octanol–water partition coefficient (Wildman–Crippen LogP) is 5.25. The number of hydrogen-bond acceptors (Lipinski definition) is 2. The molecule has 0 aliphatic carbocycles. The number of halogens is 1. The van der Waals surface area contributed by atoms with Crippen molar-refractivity contribution in [2.24, 2.45) is 0 Å². The Bertz CT molecular complexity index is 781. The van der Waals surface area contributed by atoms with E-state index in [1.807, 2.05) is 43.3 Å². The first kappa shape index (κ1) is 12.9. The number of hydrogen-bond donors (Lipinski definition) is 1. The fourth-order valence-corrected chi connectivity index (χ4v) is 2.45. The van der Waals surface area contributed by atoms with Gasteiger partial charge in [0, 0.05) is 16.1 Å². The summed E-state index contributed by atoms with van der Waals surface area (Å²) < 4.78 is 0. The third-order valence-electron chi connectivity index (χ3n) is 3.39. The zero-order valence-electron chi connectivity index (χ0n) is 11.4. The predicted molar refractivity (Wildman–Crippen MR) is 86.0 cm³/mol. The average Bonchev–Trinajstić information content (AvgIpc) is 2.43. The van der Waals surface area contributed by atoms with Crippen molar-refractivity contribution in [3.05, 3.63) is 64.7 Å². The minimum absolute atomic E-state index is 0.718. The monoisotopic (exact) mass is 282 g/mol. The number of fused-ring (bicyclic) bond motifs is 1. The minimum Gasteiger partial charge on any atom is -0.340 e. The molecular formula is C17H15ClN2. The van der Waals surface area contributed by atoms with Crippen LogP contribution in [0.1, 0.15) is 11.1 Å². The van der Waals surface area contributed by atoms with Gasteiger partial charge < -0.3 is 5.32 Å². The minimum atomic E-state index is 0.718. The van der Waals surface area contributed by atoms with E-state index in [-0.39, 0.29) is 0 Å². The molecule has 0 aliphatic rings. The first-order valence-corrected chi connectivity index (χ1v) is 6.91. The molecule has 0 saturated heterocycles. The zero-order valence-corrected chi connectivity index (χ0v) is 12.2. The van der Waals surface area contributed by atoms with Gasteiger partial charge >= 0.3 is 0 Å². The molecule has 0 saturated carbocycles. The van der Waals surface area contributed by atoms with Crippen molar-refractivity contribution in [2.75, 3.05) is 5.32 Å². The van der Waals surface area contributed by atoms with Gasteiger partial charge in [0.05, 0.1) is 5.52 Å². The van der Waals surface area contributed by atoms with Gasteiger partial charge in [-0.15, -0.1) is 0 Å². The summed E-state index contributed by atoms with van der Waals surface area (Å²) in [6, 6.07) is 16.0. The van der Waals surface area contributed by atoms with Crippen molar-refractivity contribution in [1.29, 1.82) is 0 Å². The van der Waals surface area contributed by atoms with Crippen molar-refractivity contribution in [2.45, 2.75) is 13.8 Å². The highest BCUT2D eigenvalue weighted by Crippen LogP contribution is 2.26. The van der Waals surface area contributed by atoms with Crippen LogP contribution in [0.3, 0.4) is 0 Å². The second-order valence-electron chi connectivity index (χ2n) is 4.93. The fraction of sp³-hybridized carbons (Fsp3) is 0.118. The standard InChI is InChI=1S/C17H15ClN2/c1-11-7-8-13(18)10-16(11)20-17-9-12(2)14-5-3-4-6-15(14)19-17/h3-10H,1-2H3,(H,19,20). The fourth-order valence-electron chi connectivity index (χ4n) is 2.28. The van der Waals surface area contributed by atoms with Crippen molar-refractivity contribution in [3.63, 3.8) is 0 Å². The topological polar surface area (TPSA) is 24.9 Å². The number of aromatic nitrogens is 1. The van der Waals surface area contributed by atoms with E-state index in [4.69, 9.17) is 11.6 Å². The lowest BCUT2D eigenvalue weighted by molar-refractivity contribution is 1.32. The third kappa shape index (κ3) is 2.47.